The van der Waals surface area contributed by atoms with Crippen LogP contribution in [0.4, 0.5) is 5.82 Å². The van der Waals surface area contributed by atoms with Crippen LogP contribution in [-0.4, -0.2) is 41.4 Å². The van der Waals surface area contributed by atoms with Crippen molar-refractivity contribution in [1.29, 1.82) is 0 Å². The molecule has 9 heteroatoms. The van der Waals surface area contributed by atoms with Gasteiger partial charge in [0.1, 0.15) is 23.4 Å². The molecular formula is C17H17BrN8. The summed E-state index contributed by atoms with van der Waals surface area (Å²) in [4.78, 5) is 13.7. The largest absolute Gasteiger partial charge is 0.371 e. The summed E-state index contributed by atoms with van der Waals surface area (Å²) in [5.74, 6) is 1.50. The van der Waals surface area contributed by atoms with Crippen molar-refractivity contribution in [3.63, 3.8) is 0 Å². The summed E-state index contributed by atoms with van der Waals surface area (Å²) in [6.07, 6.45) is 5.12. The zero-order valence-corrected chi connectivity index (χ0v) is 16.4. The first kappa shape index (κ1) is 16.6. The minimum absolute atomic E-state index is 0.714. The molecular weight excluding hydrogens is 396 g/mol. The number of anilines is 1. The Morgan fingerprint density at radius 2 is 1.88 bits per heavy atom. The second-order valence-electron chi connectivity index (χ2n) is 5.98. The Hall–Kier alpha value is -2.81. The van der Waals surface area contributed by atoms with E-state index in [1.165, 1.54) is 6.33 Å². The maximum absolute atomic E-state index is 4.75. The first-order valence-electron chi connectivity index (χ1n) is 8.04. The molecule has 0 amide bonds. The van der Waals surface area contributed by atoms with Gasteiger partial charge >= 0.3 is 0 Å². The van der Waals surface area contributed by atoms with Gasteiger partial charge in [0.15, 0.2) is 5.82 Å². The second kappa shape index (κ2) is 6.17. The van der Waals surface area contributed by atoms with Crippen molar-refractivity contribution < 1.29 is 0 Å². The third-order valence-electron chi connectivity index (χ3n) is 4.29. The number of aryl methyl sites for hydroxylation is 3. The van der Waals surface area contributed by atoms with Gasteiger partial charge in [-0.15, -0.1) is 0 Å². The molecule has 0 fully saturated rings. The molecule has 0 radical (unpaired) electrons. The van der Waals surface area contributed by atoms with E-state index in [2.05, 4.69) is 41.4 Å². The van der Waals surface area contributed by atoms with Gasteiger partial charge in [0.25, 0.3) is 0 Å². The molecule has 0 saturated heterocycles. The van der Waals surface area contributed by atoms with Crippen LogP contribution in [0.5, 0.6) is 0 Å². The standard InChI is InChI=1S/C17H17BrN8/c1-9-5-11(18)6-20-13(9)15-12(7-22-25(15)4)14-16-17(19-3)21-8-23-26(16)10(2)24-14/h5-8H,1-4H3,(H,19,21,23). The van der Waals surface area contributed by atoms with E-state index in [-0.39, 0.29) is 0 Å². The maximum atomic E-state index is 4.75. The Morgan fingerprint density at radius 1 is 1.08 bits per heavy atom. The summed E-state index contributed by atoms with van der Waals surface area (Å²) in [5.41, 5.74) is 5.30. The number of halogens is 1. The van der Waals surface area contributed by atoms with Crippen LogP contribution in [0.15, 0.2) is 29.3 Å². The van der Waals surface area contributed by atoms with Crippen LogP contribution in [-0.2, 0) is 7.05 Å². The van der Waals surface area contributed by atoms with Gasteiger partial charge in [0, 0.05) is 24.8 Å². The van der Waals surface area contributed by atoms with Crippen molar-refractivity contribution in [2.75, 3.05) is 12.4 Å². The fraction of sp³-hybridized carbons (Fsp3) is 0.235. The summed E-state index contributed by atoms with van der Waals surface area (Å²) in [7, 11) is 3.74. The van der Waals surface area contributed by atoms with E-state index in [4.69, 9.17) is 4.98 Å². The molecule has 4 heterocycles. The predicted molar refractivity (Wildman–Crippen MR) is 103 cm³/mol. The highest BCUT2D eigenvalue weighted by atomic mass is 79.9. The first-order chi connectivity index (χ1) is 12.5. The molecule has 4 rings (SSSR count). The lowest BCUT2D eigenvalue weighted by molar-refractivity contribution is 0.772. The minimum Gasteiger partial charge on any atom is -0.371 e. The van der Waals surface area contributed by atoms with Gasteiger partial charge in [-0.05, 0) is 41.4 Å². The monoisotopic (exact) mass is 412 g/mol. The van der Waals surface area contributed by atoms with Crippen LogP contribution in [0.3, 0.4) is 0 Å². The zero-order chi connectivity index (χ0) is 18.4. The lowest BCUT2D eigenvalue weighted by Gasteiger charge is -2.09. The Bertz CT molecular complexity index is 1130. The summed E-state index contributed by atoms with van der Waals surface area (Å²) < 4.78 is 4.55. The second-order valence-corrected chi connectivity index (χ2v) is 6.89. The van der Waals surface area contributed by atoms with Gasteiger partial charge in [0.05, 0.1) is 23.1 Å². The van der Waals surface area contributed by atoms with Crippen LogP contribution in [0.1, 0.15) is 11.4 Å². The molecule has 0 bridgehead atoms. The molecule has 0 aliphatic heterocycles. The SMILES string of the molecule is CNc1ncnn2c(C)nc(-c3cnn(C)c3-c3ncc(Br)cc3C)c12. The molecule has 132 valence electrons. The van der Waals surface area contributed by atoms with Gasteiger partial charge in [-0.3, -0.25) is 9.67 Å². The van der Waals surface area contributed by atoms with E-state index in [1.54, 1.807) is 10.7 Å². The number of rotatable bonds is 3. The molecule has 0 aliphatic rings. The summed E-state index contributed by atoms with van der Waals surface area (Å²) in [5, 5.41) is 11.9. The van der Waals surface area contributed by atoms with Crippen molar-refractivity contribution >= 4 is 27.3 Å². The molecule has 0 atom stereocenters. The Labute approximate surface area is 158 Å². The van der Waals surface area contributed by atoms with Crippen LogP contribution in [0, 0.1) is 13.8 Å². The topological polar surface area (TPSA) is 85.8 Å². The van der Waals surface area contributed by atoms with Crippen molar-refractivity contribution in [2.24, 2.45) is 7.05 Å². The van der Waals surface area contributed by atoms with E-state index < -0.39 is 0 Å². The number of aromatic nitrogens is 7. The highest BCUT2D eigenvalue weighted by molar-refractivity contribution is 9.10. The van der Waals surface area contributed by atoms with Gasteiger partial charge in [-0.25, -0.2) is 14.5 Å². The van der Waals surface area contributed by atoms with Crippen molar-refractivity contribution in [3.8, 4) is 22.6 Å². The van der Waals surface area contributed by atoms with Crippen LogP contribution < -0.4 is 5.32 Å². The highest BCUT2D eigenvalue weighted by Gasteiger charge is 2.23. The first-order valence-corrected chi connectivity index (χ1v) is 8.83. The Morgan fingerprint density at radius 3 is 2.62 bits per heavy atom. The van der Waals surface area contributed by atoms with Crippen molar-refractivity contribution in [3.05, 3.63) is 40.6 Å². The number of nitrogens with one attached hydrogen (secondary N) is 1. The Balaban J connectivity index is 2.04. The number of imidazole rings is 1. The number of pyridine rings is 1. The summed E-state index contributed by atoms with van der Waals surface area (Å²) in [6, 6.07) is 2.04. The minimum atomic E-state index is 0.714. The predicted octanol–water partition coefficient (Wildman–Crippen LogP) is 3.01. The molecule has 1 N–H and O–H groups in total. The molecule has 0 unspecified atom stereocenters. The number of fused-ring (bicyclic) bond motifs is 1. The molecule has 0 spiro atoms. The molecule has 4 aromatic heterocycles. The maximum Gasteiger partial charge on any atom is 0.156 e. The van der Waals surface area contributed by atoms with Crippen LogP contribution >= 0.6 is 15.9 Å². The van der Waals surface area contributed by atoms with Gasteiger partial charge in [0.2, 0.25) is 0 Å². The van der Waals surface area contributed by atoms with Crippen molar-refractivity contribution in [1.82, 2.24) is 34.3 Å². The number of nitrogens with zero attached hydrogens (tertiary/aromatic N) is 7. The van der Waals surface area contributed by atoms with E-state index in [0.29, 0.717) is 5.82 Å². The lowest BCUT2D eigenvalue weighted by Crippen LogP contribution is -2.01. The third-order valence-corrected chi connectivity index (χ3v) is 4.73. The van der Waals surface area contributed by atoms with Crippen molar-refractivity contribution in [2.45, 2.75) is 13.8 Å². The Kier molecular flexibility index (Phi) is 3.95. The molecule has 0 aromatic carbocycles. The normalized spacial score (nSPS) is 11.3. The quantitative estimate of drug-likeness (QED) is 0.556. The van der Waals surface area contributed by atoms with Gasteiger partial charge < -0.3 is 5.32 Å². The summed E-state index contributed by atoms with van der Waals surface area (Å²) in [6.45, 7) is 3.95. The number of hydrogen-bond donors (Lipinski definition) is 1. The molecule has 8 nitrogen and oxygen atoms in total. The molecule has 4 aromatic rings. The summed E-state index contributed by atoms with van der Waals surface area (Å²) >= 11 is 3.47. The van der Waals surface area contributed by atoms with E-state index in [9.17, 15) is 0 Å². The molecule has 0 aliphatic carbocycles. The van der Waals surface area contributed by atoms with Crippen LogP contribution in [0.25, 0.3) is 28.2 Å². The molecule has 26 heavy (non-hydrogen) atoms. The smallest absolute Gasteiger partial charge is 0.156 e. The van der Waals surface area contributed by atoms with E-state index in [1.807, 2.05) is 44.9 Å². The fourth-order valence-electron chi connectivity index (χ4n) is 3.13. The van der Waals surface area contributed by atoms with Gasteiger partial charge in [-0.2, -0.15) is 10.2 Å². The fourth-order valence-corrected chi connectivity index (χ4v) is 3.57. The molecule has 0 saturated carbocycles. The van der Waals surface area contributed by atoms with E-state index in [0.717, 1.165) is 44.0 Å². The number of hydrogen-bond acceptors (Lipinski definition) is 6. The average Bonchev–Trinajstić information content (AvgIpc) is 3.15. The average molecular weight is 413 g/mol. The van der Waals surface area contributed by atoms with Gasteiger partial charge in [-0.1, -0.05) is 0 Å². The zero-order valence-electron chi connectivity index (χ0n) is 14.8. The third kappa shape index (κ3) is 2.47. The lowest BCUT2D eigenvalue weighted by atomic mass is 10.1. The van der Waals surface area contributed by atoms with E-state index >= 15 is 0 Å². The van der Waals surface area contributed by atoms with Crippen LogP contribution in [0.2, 0.25) is 0 Å². The highest BCUT2D eigenvalue weighted by Crippen LogP contribution is 2.36.